The zero-order valence-electron chi connectivity index (χ0n) is 8.53. The minimum atomic E-state index is -0.234. The second kappa shape index (κ2) is 4.11. The van der Waals surface area contributed by atoms with Crippen molar-refractivity contribution < 1.29 is 4.79 Å². The van der Waals surface area contributed by atoms with Crippen molar-refractivity contribution in [2.45, 2.75) is 18.4 Å². The number of aromatic nitrogens is 1. The standard InChI is InChI=1S/C11H10ClN3O/c12-7-11(3-4-11)15-10(16)9-2-1-8(5-13)6-14-9/h1-2,6H,3-4,7H2,(H,15,16). The van der Waals surface area contributed by atoms with E-state index in [0.29, 0.717) is 17.1 Å². The molecule has 16 heavy (non-hydrogen) atoms. The van der Waals surface area contributed by atoms with Gasteiger partial charge in [0.1, 0.15) is 11.8 Å². The molecule has 1 N–H and O–H groups in total. The molecule has 0 aliphatic heterocycles. The molecule has 82 valence electrons. The first kappa shape index (κ1) is 10.9. The third kappa shape index (κ3) is 2.15. The molecule has 0 atom stereocenters. The van der Waals surface area contributed by atoms with Crippen LogP contribution in [0.4, 0.5) is 0 Å². The van der Waals surface area contributed by atoms with Crippen molar-refractivity contribution in [1.29, 1.82) is 5.26 Å². The van der Waals surface area contributed by atoms with Crippen LogP contribution in [0.3, 0.4) is 0 Å². The fourth-order valence-corrected chi connectivity index (χ4v) is 1.68. The number of carbonyl (C=O) groups excluding carboxylic acids is 1. The molecular weight excluding hydrogens is 226 g/mol. The lowest BCUT2D eigenvalue weighted by atomic mass is 10.2. The molecule has 0 radical (unpaired) electrons. The van der Waals surface area contributed by atoms with Gasteiger partial charge in [0.2, 0.25) is 0 Å². The minimum absolute atomic E-state index is 0.228. The molecule has 1 fully saturated rings. The van der Waals surface area contributed by atoms with Gasteiger partial charge in [-0.3, -0.25) is 4.79 Å². The zero-order chi connectivity index (χ0) is 11.6. The van der Waals surface area contributed by atoms with E-state index in [-0.39, 0.29) is 11.4 Å². The molecule has 0 unspecified atom stereocenters. The van der Waals surface area contributed by atoms with Crippen LogP contribution < -0.4 is 5.32 Å². The average molecular weight is 236 g/mol. The quantitative estimate of drug-likeness (QED) is 0.807. The molecule has 4 nitrogen and oxygen atoms in total. The fraction of sp³-hybridized carbons (Fsp3) is 0.364. The Morgan fingerprint density at radius 3 is 2.81 bits per heavy atom. The molecule has 1 aromatic heterocycles. The van der Waals surface area contributed by atoms with Crippen LogP contribution in [0, 0.1) is 11.3 Å². The van der Waals surface area contributed by atoms with E-state index >= 15 is 0 Å². The molecule has 0 saturated heterocycles. The van der Waals surface area contributed by atoms with Gasteiger partial charge in [-0.2, -0.15) is 5.26 Å². The van der Waals surface area contributed by atoms with E-state index in [9.17, 15) is 4.79 Å². The summed E-state index contributed by atoms with van der Waals surface area (Å²) in [6, 6.07) is 5.06. The van der Waals surface area contributed by atoms with Crippen molar-refractivity contribution >= 4 is 17.5 Å². The van der Waals surface area contributed by atoms with E-state index < -0.39 is 0 Å². The summed E-state index contributed by atoms with van der Waals surface area (Å²) in [5.41, 5.74) is 0.527. The Morgan fingerprint density at radius 2 is 2.38 bits per heavy atom. The molecule has 1 heterocycles. The zero-order valence-corrected chi connectivity index (χ0v) is 9.29. The molecule has 1 amide bonds. The summed E-state index contributed by atoms with van der Waals surface area (Å²) >= 11 is 5.76. The van der Waals surface area contributed by atoms with Gasteiger partial charge in [0.15, 0.2) is 0 Å². The fourth-order valence-electron chi connectivity index (χ4n) is 1.34. The Labute approximate surface area is 98.2 Å². The molecule has 5 heteroatoms. The Hall–Kier alpha value is -1.60. The number of rotatable bonds is 3. The van der Waals surface area contributed by atoms with E-state index in [4.69, 9.17) is 16.9 Å². The molecule has 0 aromatic carbocycles. The summed E-state index contributed by atoms with van der Waals surface area (Å²) in [4.78, 5) is 15.7. The number of nitrogens with one attached hydrogen (secondary N) is 1. The normalized spacial score (nSPS) is 16.2. The van der Waals surface area contributed by atoms with Crippen molar-refractivity contribution in [2.75, 3.05) is 5.88 Å². The number of halogens is 1. The van der Waals surface area contributed by atoms with E-state index in [2.05, 4.69) is 10.3 Å². The molecule has 1 aliphatic rings. The van der Waals surface area contributed by atoms with Crippen molar-refractivity contribution in [1.82, 2.24) is 10.3 Å². The van der Waals surface area contributed by atoms with Gasteiger partial charge in [0.05, 0.1) is 11.1 Å². The third-order valence-corrected chi connectivity index (χ3v) is 3.12. The SMILES string of the molecule is N#Cc1ccc(C(=O)NC2(CCl)CC2)nc1. The van der Waals surface area contributed by atoms with Crippen LogP contribution in [0.5, 0.6) is 0 Å². The molecule has 0 spiro atoms. The molecule has 1 saturated carbocycles. The largest absolute Gasteiger partial charge is 0.344 e. The number of amides is 1. The van der Waals surface area contributed by atoms with Gasteiger partial charge in [0.25, 0.3) is 5.91 Å². The Morgan fingerprint density at radius 1 is 1.62 bits per heavy atom. The second-order valence-electron chi connectivity index (χ2n) is 3.91. The summed E-state index contributed by atoms with van der Waals surface area (Å²) in [6.07, 6.45) is 3.21. The van der Waals surface area contributed by atoms with E-state index in [1.54, 1.807) is 6.07 Å². The summed E-state index contributed by atoms with van der Waals surface area (Å²) in [6.45, 7) is 0. The van der Waals surface area contributed by atoms with Crippen LogP contribution in [-0.2, 0) is 0 Å². The van der Waals surface area contributed by atoms with Gasteiger partial charge in [-0.15, -0.1) is 11.6 Å². The van der Waals surface area contributed by atoms with Gasteiger partial charge >= 0.3 is 0 Å². The van der Waals surface area contributed by atoms with E-state index in [1.807, 2.05) is 6.07 Å². The van der Waals surface area contributed by atoms with Crippen molar-refractivity contribution in [3.05, 3.63) is 29.6 Å². The van der Waals surface area contributed by atoms with Crippen LogP contribution in [0.1, 0.15) is 28.9 Å². The maximum Gasteiger partial charge on any atom is 0.270 e. The predicted molar refractivity (Wildman–Crippen MR) is 59.1 cm³/mol. The lowest BCUT2D eigenvalue weighted by molar-refractivity contribution is 0.0931. The monoisotopic (exact) mass is 235 g/mol. The smallest absolute Gasteiger partial charge is 0.270 e. The number of hydrogen-bond acceptors (Lipinski definition) is 3. The first-order chi connectivity index (χ1) is 7.69. The predicted octanol–water partition coefficient (Wildman–Crippen LogP) is 1.45. The number of hydrogen-bond donors (Lipinski definition) is 1. The molecule has 0 bridgehead atoms. The van der Waals surface area contributed by atoms with Crippen molar-refractivity contribution in [2.24, 2.45) is 0 Å². The minimum Gasteiger partial charge on any atom is -0.344 e. The lowest BCUT2D eigenvalue weighted by Gasteiger charge is -2.13. The van der Waals surface area contributed by atoms with Crippen LogP contribution in [-0.4, -0.2) is 22.3 Å². The van der Waals surface area contributed by atoms with Crippen LogP contribution in [0.2, 0.25) is 0 Å². The third-order valence-electron chi connectivity index (χ3n) is 2.61. The van der Waals surface area contributed by atoms with Gasteiger partial charge in [-0.05, 0) is 25.0 Å². The van der Waals surface area contributed by atoms with Crippen molar-refractivity contribution in [3.63, 3.8) is 0 Å². The average Bonchev–Trinajstić information content (AvgIpc) is 3.09. The lowest BCUT2D eigenvalue weighted by Crippen LogP contribution is -2.38. The van der Waals surface area contributed by atoms with Crippen LogP contribution in [0.25, 0.3) is 0 Å². The molecule has 2 rings (SSSR count). The number of pyridine rings is 1. The van der Waals surface area contributed by atoms with Gasteiger partial charge in [-0.1, -0.05) is 0 Å². The highest BCUT2D eigenvalue weighted by Crippen LogP contribution is 2.36. The van der Waals surface area contributed by atoms with Gasteiger partial charge < -0.3 is 5.32 Å². The number of alkyl halides is 1. The highest BCUT2D eigenvalue weighted by Gasteiger charge is 2.43. The summed E-state index contributed by atoms with van der Waals surface area (Å²) in [5, 5.41) is 11.4. The van der Waals surface area contributed by atoms with Gasteiger partial charge in [0, 0.05) is 12.1 Å². The number of carbonyl (C=O) groups is 1. The number of nitrogens with zero attached hydrogens (tertiary/aromatic N) is 2. The highest BCUT2D eigenvalue weighted by atomic mass is 35.5. The summed E-state index contributed by atoms with van der Waals surface area (Å²) in [5.74, 6) is 0.192. The first-order valence-electron chi connectivity index (χ1n) is 4.94. The molecule has 1 aliphatic carbocycles. The first-order valence-corrected chi connectivity index (χ1v) is 5.47. The maximum absolute atomic E-state index is 11.7. The second-order valence-corrected chi connectivity index (χ2v) is 4.18. The molecule has 1 aromatic rings. The highest BCUT2D eigenvalue weighted by molar-refractivity contribution is 6.19. The number of nitriles is 1. The summed E-state index contributed by atoms with van der Waals surface area (Å²) in [7, 11) is 0. The van der Waals surface area contributed by atoms with Crippen LogP contribution in [0.15, 0.2) is 18.3 Å². The van der Waals surface area contributed by atoms with Gasteiger partial charge in [-0.25, -0.2) is 4.98 Å². The summed E-state index contributed by atoms with van der Waals surface area (Å²) < 4.78 is 0. The van der Waals surface area contributed by atoms with Crippen molar-refractivity contribution in [3.8, 4) is 6.07 Å². The Balaban J connectivity index is 2.07. The molecular formula is C11H10ClN3O. The van der Waals surface area contributed by atoms with E-state index in [0.717, 1.165) is 12.8 Å². The van der Waals surface area contributed by atoms with E-state index in [1.165, 1.54) is 12.3 Å². The Bertz CT molecular complexity index is 445. The van der Waals surface area contributed by atoms with Crippen LogP contribution >= 0.6 is 11.6 Å². The maximum atomic E-state index is 11.7. The Kier molecular flexibility index (Phi) is 2.80. The topological polar surface area (TPSA) is 65.8 Å².